The molecule has 2 aliphatic rings. The summed E-state index contributed by atoms with van der Waals surface area (Å²) < 4.78 is 0. The molecule has 2 saturated heterocycles. The third-order valence-corrected chi connectivity index (χ3v) is 7.19. The van der Waals surface area contributed by atoms with Gasteiger partial charge in [-0.05, 0) is 45.1 Å². The Morgan fingerprint density at radius 1 is 1.15 bits per heavy atom. The van der Waals surface area contributed by atoms with Crippen LogP contribution in [0.5, 0.6) is 0 Å². The van der Waals surface area contributed by atoms with Crippen LogP contribution in [-0.4, -0.2) is 47.0 Å². The first-order chi connectivity index (χ1) is 13.1. The van der Waals surface area contributed by atoms with Crippen molar-refractivity contribution in [3.05, 3.63) is 16.8 Å². The van der Waals surface area contributed by atoms with Crippen molar-refractivity contribution in [1.29, 1.82) is 5.26 Å². The van der Waals surface area contributed by atoms with Gasteiger partial charge in [0.05, 0.1) is 11.5 Å². The maximum absolute atomic E-state index is 12.9. The van der Waals surface area contributed by atoms with Crippen LogP contribution in [0.15, 0.2) is 6.33 Å². The van der Waals surface area contributed by atoms with Gasteiger partial charge in [-0.25, -0.2) is 9.97 Å². The second kappa shape index (κ2) is 7.43. The van der Waals surface area contributed by atoms with E-state index >= 15 is 0 Å². The van der Waals surface area contributed by atoms with Crippen LogP contribution in [0, 0.1) is 37.0 Å². The first-order valence-corrected chi connectivity index (χ1v) is 10.5. The normalized spacial score (nSPS) is 19.4. The van der Waals surface area contributed by atoms with Crippen LogP contribution < -0.4 is 4.90 Å². The van der Waals surface area contributed by atoms with E-state index in [2.05, 4.69) is 34.8 Å². The Morgan fingerprint density at radius 3 is 2.52 bits per heavy atom. The lowest BCUT2D eigenvalue weighted by atomic mass is 9.92. The molecule has 0 saturated carbocycles. The van der Waals surface area contributed by atoms with E-state index in [1.165, 1.54) is 15.8 Å². The third-order valence-electron chi connectivity index (χ3n) is 6.08. The number of carbonyl (C=O) groups excluding carboxylic acids is 1. The molecule has 0 aromatic carbocycles. The number of hydrogen-bond acceptors (Lipinski definition) is 6. The van der Waals surface area contributed by atoms with E-state index in [9.17, 15) is 4.79 Å². The summed E-state index contributed by atoms with van der Waals surface area (Å²) in [7, 11) is 0. The highest BCUT2D eigenvalue weighted by molar-refractivity contribution is 7.18. The SMILES string of the molecule is Cc1sc2ncnc(N3CCC(C(=O)N4CCC(C#N)CC4)CC3)c2c1C. The maximum Gasteiger partial charge on any atom is 0.225 e. The monoisotopic (exact) mass is 383 g/mol. The van der Waals surface area contributed by atoms with Gasteiger partial charge in [-0.3, -0.25) is 4.79 Å². The number of nitriles is 1. The second-order valence-electron chi connectivity index (χ2n) is 7.65. The zero-order valence-corrected chi connectivity index (χ0v) is 16.8. The quantitative estimate of drug-likeness (QED) is 0.796. The predicted molar refractivity (Wildman–Crippen MR) is 107 cm³/mol. The van der Waals surface area contributed by atoms with Crippen molar-refractivity contribution < 1.29 is 4.79 Å². The minimum atomic E-state index is 0.0996. The number of aryl methyl sites for hydroxylation is 2. The highest BCUT2D eigenvalue weighted by Gasteiger charge is 2.31. The first kappa shape index (κ1) is 18.2. The number of fused-ring (bicyclic) bond motifs is 1. The van der Waals surface area contributed by atoms with Gasteiger partial charge < -0.3 is 9.80 Å². The Balaban J connectivity index is 1.43. The number of carbonyl (C=O) groups is 1. The van der Waals surface area contributed by atoms with E-state index in [-0.39, 0.29) is 17.7 Å². The molecule has 142 valence electrons. The van der Waals surface area contributed by atoms with E-state index in [1.807, 2.05) is 4.90 Å². The topological polar surface area (TPSA) is 73.1 Å². The van der Waals surface area contributed by atoms with E-state index in [4.69, 9.17) is 5.26 Å². The molecule has 2 aromatic heterocycles. The molecule has 2 aromatic rings. The van der Waals surface area contributed by atoms with Gasteiger partial charge in [-0.2, -0.15) is 5.26 Å². The Kier molecular flexibility index (Phi) is 5.00. The number of nitrogens with zero attached hydrogens (tertiary/aromatic N) is 5. The largest absolute Gasteiger partial charge is 0.356 e. The van der Waals surface area contributed by atoms with Crippen molar-refractivity contribution in [2.45, 2.75) is 39.5 Å². The van der Waals surface area contributed by atoms with E-state index < -0.39 is 0 Å². The third kappa shape index (κ3) is 3.39. The summed E-state index contributed by atoms with van der Waals surface area (Å²) in [5, 5.41) is 10.2. The van der Waals surface area contributed by atoms with Crippen LogP contribution in [-0.2, 0) is 4.79 Å². The van der Waals surface area contributed by atoms with Crippen molar-refractivity contribution >= 4 is 33.3 Å². The lowest BCUT2D eigenvalue weighted by molar-refractivity contribution is -0.137. The van der Waals surface area contributed by atoms with Gasteiger partial charge in [0.25, 0.3) is 0 Å². The fraction of sp³-hybridized carbons (Fsp3) is 0.600. The first-order valence-electron chi connectivity index (χ1n) is 9.72. The van der Waals surface area contributed by atoms with Crippen molar-refractivity contribution in [3.8, 4) is 6.07 Å². The molecule has 0 atom stereocenters. The summed E-state index contributed by atoms with van der Waals surface area (Å²) in [6.07, 6.45) is 5.02. The number of rotatable bonds is 2. The highest BCUT2D eigenvalue weighted by Crippen LogP contribution is 2.36. The number of aromatic nitrogens is 2. The van der Waals surface area contributed by atoms with Crippen molar-refractivity contribution in [3.63, 3.8) is 0 Å². The van der Waals surface area contributed by atoms with Gasteiger partial charge in [0.2, 0.25) is 5.91 Å². The number of hydrogen-bond donors (Lipinski definition) is 0. The van der Waals surface area contributed by atoms with Gasteiger partial charge in [0.15, 0.2) is 0 Å². The molecule has 0 aliphatic carbocycles. The molecule has 2 aliphatic heterocycles. The van der Waals surface area contributed by atoms with Gasteiger partial charge >= 0.3 is 0 Å². The summed E-state index contributed by atoms with van der Waals surface area (Å²) in [6, 6.07) is 2.33. The highest BCUT2D eigenvalue weighted by atomic mass is 32.1. The lowest BCUT2D eigenvalue weighted by Crippen LogP contribution is -2.45. The van der Waals surface area contributed by atoms with Gasteiger partial charge in [0, 0.05) is 42.9 Å². The van der Waals surface area contributed by atoms with E-state index in [0.717, 1.165) is 62.5 Å². The summed E-state index contributed by atoms with van der Waals surface area (Å²) in [5.74, 6) is 1.51. The number of amides is 1. The molecular formula is C20H25N5OS. The summed E-state index contributed by atoms with van der Waals surface area (Å²) in [6.45, 7) is 7.44. The zero-order chi connectivity index (χ0) is 19.0. The molecule has 2 fully saturated rings. The smallest absolute Gasteiger partial charge is 0.225 e. The molecule has 0 radical (unpaired) electrons. The molecule has 4 heterocycles. The molecule has 1 amide bonds. The minimum absolute atomic E-state index is 0.0996. The Hall–Kier alpha value is -2.20. The van der Waals surface area contributed by atoms with Gasteiger partial charge in [-0.15, -0.1) is 11.3 Å². The Labute approximate surface area is 163 Å². The molecule has 0 N–H and O–H groups in total. The Bertz CT molecular complexity index is 886. The number of thiophene rings is 1. The molecule has 0 spiro atoms. The predicted octanol–water partition coefficient (Wildman–Crippen LogP) is 3.29. The molecule has 0 bridgehead atoms. The maximum atomic E-state index is 12.9. The lowest BCUT2D eigenvalue weighted by Gasteiger charge is -2.36. The second-order valence-corrected chi connectivity index (χ2v) is 8.85. The molecule has 4 rings (SSSR count). The van der Waals surface area contributed by atoms with Crippen LogP contribution in [0.3, 0.4) is 0 Å². The van der Waals surface area contributed by atoms with E-state index in [1.54, 1.807) is 17.7 Å². The average Bonchev–Trinajstić information content (AvgIpc) is 3.01. The fourth-order valence-corrected chi connectivity index (χ4v) is 5.22. The van der Waals surface area contributed by atoms with Gasteiger partial charge in [-0.1, -0.05) is 0 Å². The van der Waals surface area contributed by atoms with Gasteiger partial charge in [0.1, 0.15) is 17.0 Å². The summed E-state index contributed by atoms with van der Waals surface area (Å²) in [5.41, 5.74) is 1.27. The van der Waals surface area contributed by atoms with E-state index in [0.29, 0.717) is 0 Å². The number of anilines is 1. The van der Waals surface area contributed by atoms with Crippen molar-refractivity contribution in [2.75, 3.05) is 31.1 Å². The molecule has 6 nitrogen and oxygen atoms in total. The molecular weight excluding hydrogens is 358 g/mol. The fourth-order valence-electron chi connectivity index (χ4n) is 4.23. The van der Waals surface area contributed by atoms with Crippen LogP contribution in [0.2, 0.25) is 0 Å². The molecule has 7 heteroatoms. The van der Waals surface area contributed by atoms with Crippen LogP contribution in [0.25, 0.3) is 10.2 Å². The number of likely N-dealkylation sites (tertiary alicyclic amines) is 1. The summed E-state index contributed by atoms with van der Waals surface area (Å²) in [4.78, 5) is 28.5. The number of piperidine rings is 2. The molecule has 0 unspecified atom stereocenters. The minimum Gasteiger partial charge on any atom is -0.356 e. The van der Waals surface area contributed by atoms with Crippen LogP contribution >= 0.6 is 11.3 Å². The van der Waals surface area contributed by atoms with Crippen molar-refractivity contribution in [2.24, 2.45) is 11.8 Å². The Morgan fingerprint density at radius 2 is 1.85 bits per heavy atom. The van der Waals surface area contributed by atoms with Crippen LogP contribution in [0.4, 0.5) is 5.82 Å². The standard InChI is InChI=1S/C20H25N5OS/c1-13-14(2)27-19-17(13)18(22-12-23-19)24-9-5-16(6-10-24)20(26)25-7-3-15(11-21)4-8-25/h12,15-16H,3-10H2,1-2H3. The summed E-state index contributed by atoms with van der Waals surface area (Å²) >= 11 is 1.72. The van der Waals surface area contributed by atoms with Crippen LogP contribution in [0.1, 0.15) is 36.1 Å². The zero-order valence-electron chi connectivity index (χ0n) is 15.9. The average molecular weight is 384 g/mol. The molecule has 27 heavy (non-hydrogen) atoms. The van der Waals surface area contributed by atoms with Crippen molar-refractivity contribution in [1.82, 2.24) is 14.9 Å².